The van der Waals surface area contributed by atoms with Gasteiger partial charge in [-0.3, -0.25) is 9.59 Å². The summed E-state index contributed by atoms with van der Waals surface area (Å²) in [4.78, 5) is 30.5. The predicted molar refractivity (Wildman–Crippen MR) is 128 cm³/mol. The zero-order chi connectivity index (χ0) is 22.8. The molecular formula is C27H40N2O3. The highest BCUT2D eigenvalue weighted by Gasteiger charge is 2.43. The van der Waals surface area contributed by atoms with Gasteiger partial charge in [-0.15, -0.1) is 0 Å². The second-order valence-electron chi connectivity index (χ2n) is 10.6. The number of para-hydroxylation sites is 1. The quantitative estimate of drug-likeness (QED) is 0.575. The summed E-state index contributed by atoms with van der Waals surface area (Å²) in [6.45, 7) is 10.5. The third-order valence-corrected chi connectivity index (χ3v) is 7.91. The average Bonchev–Trinajstić information content (AvgIpc) is 3.05. The fourth-order valence-electron chi connectivity index (χ4n) is 6.12. The van der Waals surface area contributed by atoms with Gasteiger partial charge in [0, 0.05) is 30.9 Å². The number of anilines is 1. The summed E-state index contributed by atoms with van der Waals surface area (Å²) in [5, 5.41) is 0. The molecule has 1 aromatic carbocycles. The molecule has 0 N–H and O–H groups in total. The highest BCUT2D eigenvalue weighted by molar-refractivity contribution is 6.06. The van der Waals surface area contributed by atoms with Crippen molar-refractivity contribution in [2.75, 3.05) is 18.0 Å². The van der Waals surface area contributed by atoms with Crippen molar-refractivity contribution in [2.24, 2.45) is 11.8 Å². The summed E-state index contributed by atoms with van der Waals surface area (Å²) < 4.78 is 5.34. The molecule has 32 heavy (non-hydrogen) atoms. The first-order valence-electron chi connectivity index (χ1n) is 12.7. The summed E-state index contributed by atoms with van der Waals surface area (Å²) in [6, 6.07) is 8.94. The molecule has 2 heterocycles. The number of esters is 1. The Morgan fingerprint density at radius 3 is 2.25 bits per heavy atom. The second-order valence-corrected chi connectivity index (χ2v) is 10.6. The molecule has 3 aliphatic rings. The summed E-state index contributed by atoms with van der Waals surface area (Å²) in [5.41, 5.74) is 1.98. The maximum absolute atomic E-state index is 13.5. The summed E-state index contributed by atoms with van der Waals surface area (Å²) in [7, 11) is 0. The molecule has 0 spiro atoms. The van der Waals surface area contributed by atoms with Gasteiger partial charge in [0.15, 0.2) is 0 Å². The Bertz CT molecular complexity index is 805. The van der Waals surface area contributed by atoms with Crippen molar-refractivity contribution in [2.45, 2.75) is 96.7 Å². The molecule has 0 bridgehead atoms. The molecule has 176 valence electrons. The number of carbonyl (C=O) groups is 2. The van der Waals surface area contributed by atoms with E-state index in [1.54, 1.807) is 0 Å². The van der Waals surface area contributed by atoms with Gasteiger partial charge < -0.3 is 14.5 Å². The zero-order valence-electron chi connectivity index (χ0n) is 20.3. The Morgan fingerprint density at radius 1 is 0.969 bits per heavy atom. The van der Waals surface area contributed by atoms with Crippen LogP contribution in [0.1, 0.15) is 84.1 Å². The van der Waals surface area contributed by atoms with E-state index in [2.05, 4.69) is 18.7 Å². The smallest absolute Gasteiger partial charge is 0.307 e. The number of hydrogen-bond acceptors (Lipinski definition) is 4. The van der Waals surface area contributed by atoms with Crippen LogP contribution in [0.15, 0.2) is 24.3 Å². The fraction of sp³-hybridized carbons (Fsp3) is 0.704. The molecule has 2 aliphatic heterocycles. The lowest BCUT2D eigenvalue weighted by Crippen LogP contribution is -2.50. The highest BCUT2D eigenvalue weighted by Crippen LogP contribution is 2.42. The first kappa shape index (κ1) is 23.3. The van der Waals surface area contributed by atoms with E-state index in [0.717, 1.165) is 49.0 Å². The molecule has 1 unspecified atom stereocenters. The van der Waals surface area contributed by atoms with Crippen LogP contribution in [0.4, 0.5) is 5.69 Å². The Morgan fingerprint density at radius 2 is 1.62 bits per heavy atom. The van der Waals surface area contributed by atoms with Gasteiger partial charge in [-0.2, -0.15) is 0 Å². The minimum Gasteiger partial charge on any atom is -0.463 e. The Balaban J connectivity index is 1.39. The van der Waals surface area contributed by atoms with E-state index in [-0.39, 0.29) is 30.4 Å². The number of ether oxygens (including phenoxy) is 1. The molecule has 5 heteroatoms. The summed E-state index contributed by atoms with van der Waals surface area (Å²) in [5.74, 6) is 1.06. The standard InChI is InChI=1S/C27H40N2O3/c1-18(2)20-9-11-21(12-10-20)28-15-13-22(14-16-28)29-25-8-6-5-7-23(25)24(27(29)31)17-26(30)32-19(3)4/h5-8,18-22,24H,9-17H2,1-4H3. The van der Waals surface area contributed by atoms with Gasteiger partial charge in [-0.1, -0.05) is 32.0 Å². The van der Waals surface area contributed by atoms with Gasteiger partial charge in [0.1, 0.15) is 0 Å². The molecule has 1 amide bonds. The summed E-state index contributed by atoms with van der Waals surface area (Å²) >= 11 is 0. The molecule has 5 nitrogen and oxygen atoms in total. The minimum atomic E-state index is -0.415. The van der Waals surface area contributed by atoms with E-state index in [9.17, 15) is 9.59 Å². The average molecular weight is 441 g/mol. The number of nitrogens with zero attached hydrogens (tertiary/aromatic N) is 2. The van der Waals surface area contributed by atoms with E-state index < -0.39 is 5.92 Å². The number of hydrogen-bond donors (Lipinski definition) is 0. The maximum Gasteiger partial charge on any atom is 0.307 e. The van der Waals surface area contributed by atoms with Crippen molar-refractivity contribution in [3.8, 4) is 0 Å². The number of carbonyl (C=O) groups excluding carboxylic acids is 2. The molecule has 1 atom stereocenters. The normalized spacial score (nSPS) is 27.2. The maximum atomic E-state index is 13.5. The molecule has 0 aromatic heterocycles. The van der Waals surface area contributed by atoms with Crippen LogP contribution in [0, 0.1) is 11.8 Å². The molecular weight excluding hydrogens is 400 g/mol. The van der Waals surface area contributed by atoms with Crippen LogP contribution in [0.5, 0.6) is 0 Å². The first-order chi connectivity index (χ1) is 15.3. The molecule has 2 fully saturated rings. The van der Waals surface area contributed by atoms with E-state index in [4.69, 9.17) is 4.74 Å². The third kappa shape index (κ3) is 4.88. The van der Waals surface area contributed by atoms with Gasteiger partial charge in [0.2, 0.25) is 5.91 Å². The molecule has 1 saturated carbocycles. The van der Waals surface area contributed by atoms with Crippen LogP contribution < -0.4 is 4.90 Å². The van der Waals surface area contributed by atoms with Crippen molar-refractivity contribution in [1.29, 1.82) is 0 Å². The lowest BCUT2D eigenvalue weighted by Gasteiger charge is -2.43. The monoisotopic (exact) mass is 440 g/mol. The van der Waals surface area contributed by atoms with Gasteiger partial charge in [0.05, 0.1) is 18.4 Å². The Labute approximate surface area is 193 Å². The van der Waals surface area contributed by atoms with Crippen LogP contribution in [0.25, 0.3) is 0 Å². The Hall–Kier alpha value is -1.88. The first-order valence-corrected chi connectivity index (χ1v) is 12.7. The van der Waals surface area contributed by atoms with Crippen molar-refractivity contribution >= 4 is 17.6 Å². The van der Waals surface area contributed by atoms with Crippen LogP contribution in [0.2, 0.25) is 0 Å². The lowest BCUT2D eigenvalue weighted by atomic mass is 9.79. The number of piperidine rings is 1. The zero-order valence-corrected chi connectivity index (χ0v) is 20.3. The number of amides is 1. The number of benzene rings is 1. The molecule has 1 aromatic rings. The van der Waals surface area contributed by atoms with Crippen molar-refractivity contribution in [3.63, 3.8) is 0 Å². The number of rotatable bonds is 6. The minimum absolute atomic E-state index is 0.0720. The van der Waals surface area contributed by atoms with Crippen LogP contribution in [0.3, 0.4) is 0 Å². The molecule has 4 rings (SSSR count). The third-order valence-electron chi connectivity index (χ3n) is 7.91. The molecule has 1 saturated heterocycles. The van der Waals surface area contributed by atoms with Gasteiger partial charge in [-0.25, -0.2) is 0 Å². The topological polar surface area (TPSA) is 49.9 Å². The Kier molecular flexibility index (Phi) is 7.24. The van der Waals surface area contributed by atoms with Crippen molar-refractivity contribution in [3.05, 3.63) is 29.8 Å². The van der Waals surface area contributed by atoms with Crippen LogP contribution in [-0.2, 0) is 14.3 Å². The van der Waals surface area contributed by atoms with Gasteiger partial charge >= 0.3 is 5.97 Å². The number of likely N-dealkylation sites (tertiary alicyclic amines) is 1. The summed E-state index contributed by atoms with van der Waals surface area (Å²) in [6.07, 6.45) is 7.33. The van der Waals surface area contributed by atoms with Crippen molar-refractivity contribution < 1.29 is 14.3 Å². The van der Waals surface area contributed by atoms with Gasteiger partial charge in [-0.05, 0) is 75.8 Å². The van der Waals surface area contributed by atoms with E-state index in [0.29, 0.717) is 6.04 Å². The fourth-order valence-corrected chi connectivity index (χ4v) is 6.12. The number of fused-ring (bicyclic) bond motifs is 1. The lowest BCUT2D eigenvalue weighted by molar-refractivity contribution is -0.148. The molecule has 1 aliphatic carbocycles. The van der Waals surface area contributed by atoms with Gasteiger partial charge in [0.25, 0.3) is 0 Å². The van der Waals surface area contributed by atoms with E-state index in [1.807, 2.05) is 43.0 Å². The van der Waals surface area contributed by atoms with Crippen LogP contribution in [-0.4, -0.2) is 48.1 Å². The van der Waals surface area contributed by atoms with E-state index in [1.165, 1.54) is 25.7 Å². The predicted octanol–water partition coefficient (Wildman–Crippen LogP) is 5.14. The second kappa shape index (κ2) is 9.94. The molecule has 0 radical (unpaired) electrons. The van der Waals surface area contributed by atoms with E-state index >= 15 is 0 Å². The van der Waals surface area contributed by atoms with Crippen LogP contribution >= 0.6 is 0 Å². The SMILES string of the molecule is CC(C)OC(=O)CC1C(=O)N(C2CCN(C3CCC(C(C)C)CC3)CC2)c2ccccc21. The largest absolute Gasteiger partial charge is 0.463 e. The highest BCUT2D eigenvalue weighted by atomic mass is 16.5. The van der Waals surface area contributed by atoms with Crippen molar-refractivity contribution in [1.82, 2.24) is 4.90 Å².